The van der Waals surface area contributed by atoms with Crippen molar-refractivity contribution in [1.82, 2.24) is 5.32 Å². The maximum Gasteiger partial charge on any atom is 0.120 e. The molecule has 0 aliphatic carbocycles. The molecule has 2 rings (SSSR count). The second-order valence-corrected chi connectivity index (χ2v) is 5.45. The van der Waals surface area contributed by atoms with Crippen molar-refractivity contribution in [2.45, 2.75) is 19.6 Å². The van der Waals surface area contributed by atoms with Crippen LogP contribution in [0.1, 0.15) is 24.1 Å². The Labute approximate surface area is 129 Å². The Morgan fingerprint density at radius 2 is 1.95 bits per heavy atom. The summed E-state index contributed by atoms with van der Waals surface area (Å²) in [6, 6.07) is 13.7. The molecule has 2 nitrogen and oxygen atoms in total. The maximum absolute atomic E-state index is 6.13. The molecule has 0 heterocycles. The van der Waals surface area contributed by atoms with E-state index in [1.54, 1.807) is 6.07 Å². The minimum Gasteiger partial charge on any atom is -0.489 e. The molecule has 0 saturated heterocycles. The van der Waals surface area contributed by atoms with E-state index in [-0.39, 0.29) is 6.04 Å². The Morgan fingerprint density at radius 3 is 2.65 bits per heavy atom. The molecule has 2 aromatic carbocycles. The first kappa shape index (κ1) is 15.2. The lowest BCUT2D eigenvalue weighted by Crippen LogP contribution is -2.12. The van der Waals surface area contributed by atoms with Crippen LogP contribution in [-0.2, 0) is 6.61 Å². The van der Waals surface area contributed by atoms with E-state index in [4.69, 9.17) is 27.9 Å². The number of nitrogens with one attached hydrogen (secondary N) is 1. The molecule has 1 unspecified atom stereocenters. The van der Waals surface area contributed by atoms with Crippen molar-refractivity contribution in [3.8, 4) is 5.75 Å². The Balaban J connectivity index is 2.07. The van der Waals surface area contributed by atoms with Gasteiger partial charge in [-0.15, -0.1) is 0 Å². The number of rotatable bonds is 5. The lowest BCUT2D eigenvalue weighted by atomic mass is 10.1. The molecule has 0 radical (unpaired) electrons. The summed E-state index contributed by atoms with van der Waals surface area (Å²) >= 11 is 12.0. The normalized spacial score (nSPS) is 12.2. The van der Waals surface area contributed by atoms with Gasteiger partial charge in [0.05, 0.1) is 0 Å². The summed E-state index contributed by atoms with van der Waals surface area (Å²) in [5.74, 6) is 0.829. The van der Waals surface area contributed by atoms with E-state index in [1.165, 1.54) is 5.56 Å². The van der Waals surface area contributed by atoms with Crippen LogP contribution in [0.3, 0.4) is 0 Å². The van der Waals surface area contributed by atoms with Crippen molar-refractivity contribution in [2.24, 2.45) is 0 Å². The minimum atomic E-state index is 0.290. The van der Waals surface area contributed by atoms with Gasteiger partial charge in [-0.1, -0.05) is 41.4 Å². The molecule has 20 heavy (non-hydrogen) atoms. The lowest BCUT2D eigenvalue weighted by molar-refractivity contribution is 0.305. The number of halogens is 2. The summed E-state index contributed by atoms with van der Waals surface area (Å²) in [7, 11) is 1.94. The first-order valence-corrected chi connectivity index (χ1v) is 7.19. The summed E-state index contributed by atoms with van der Waals surface area (Å²) in [5.41, 5.74) is 2.11. The van der Waals surface area contributed by atoms with E-state index < -0.39 is 0 Å². The van der Waals surface area contributed by atoms with Crippen LogP contribution in [0.2, 0.25) is 10.0 Å². The fourth-order valence-electron chi connectivity index (χ4n) is 1.84. The highest BCUT2D eigenvalue weighted by Gasteiger charge is 2.05. The molecule has 0 aliphatic rings. The molecular formula is C16H17Cl2NO. The molecule has 4 heteroatoms. The van der Waals surface area contributed by atoms with Crippen LogP contribution in [-0.4, -0.2) is 7.05 Å². The van der Waals surface area contributed by atoms with Crippen molar-refractivity contribution >= 4 is 23.2 Å². The predicted octanol–water partition coefficient (Wildman–Crippen LogP) is 4.85. The minimum absolute atomic E-state index is 0.290. The zero-order chi connectivity index (χ0) is 14.5. The van der Waals surface area contributed by atoms with Crippen LogP contribution in [0.15, 0.2) is 42.5 Å². The Hall–Kier alpha value is -1.22. The number of benzene rings is 2. The molecule has 106 valence electrons. The standard InChI is InChI=1S/C16H17Cl2NO/c1-11(19-2)12-4-3-5-15(8-12)20-10-13-6-7-14(17)9-16(13)18/h3-9,11,19H,10H2,1-2H3. The van der Waals surface area contributed by atoms with Gasteiger partial charge in [-0.05, 0) is 43.8 Å². The van der Waals surface area contributed by atoms with Crippen LogP contribution in [0.5, 0.6) is 5.75 Å². The van der Waals surface area contributed by atoms with Gasteiger partial charge in [0.2, 0.25) is 0 Å². The Bertz CT molecular complexity index is 586. The highest BCUT2D eigenvalue weighted by Crippen LogP contribution is 2.24. The molecule has 0 bridgehead atoms. The number of hydrogen-bond acceptors (Lipinski definition) is 2. The van der Waals surface area contributed by atoms with Gasteiger partial charge in [0.1, 0.15) is 12.4 Å². The molecule has 1 N–H and O–H groups in total. The average molecular weight is 310 g/mol. The predicted molar refractivity (Wildman–Crippen MR) is 84.7 cm³/mol. The Morgan fingerprint density at radius 1 is 1.15 bits per heavy atom. The van der Waals surface area contributed by atoms with Gasteiger partial charge in [0.25, 0.3) is 0 Å². The van der Waals surface area contributed by atoms with E-state index in [9.17, 15) is 0 Å². The van der Waals surface area contributed by atoms with Gasteiger partial charge in [0.15, 0.2) is 0 Å². The summed E-state index contributed by atoms with van der Waals surface area (Å²) in [6.45, 7) is 2.53. The van der Waals surface area contributed by atoms with Crippen LogP contribution in [0.4, 0.5) is 0 Å². The summed E-state index contributed by atoms with van der Waals surface area (Å²) in [4.78, 5) is 0. The Kier molecular flexibility index (Phi) is 5.30. The number of hydrogen-bond donors (Lipinski definition) is 1. The van der Waals surface area contributed by atoms with Crippen LogP contribution >= 0.6 is 23.2 Å². The SMILES string of the molecule is CNC(C)c1cccc(OCc2ccc(Cl)cc2Cl)c1. The summed E-state index contributed by atoms with van der Waals surface area (Å²) in [6.07, 6.45) is 0. The fourth-order valence-corrected chi connectivity index (χ4v) is 2.30. The van der Waals surface area contributed by atoms with Gasteiger partial charge >= 0.3 is 0 Å². The van der Waals surface area contributed by atoms with Gasteiger partial charge in [-0.25, -0.2) is 0 Å². The van der Waals surface area contributed by atoms with E-state index in [2.05, 4.69) is 18.3 Å². The topological polar surface area (TPSA) is 21.3 Å². The third-order valence-electron chi connectivity index (χ3n) is 3.20. The molecule has 2 aromatic rings. The molecule has 0 saturated carbocycles. The molecule has 0 amide bonds. The molecular weight excluding hydrogens is 293 g/mol. The summed E-state index contributed by atoms with van der Waals surface area (Å²) < 4.78 is 5.79. The zero-order valence-corrected chi connectivity index (χ0v) is 13.0. The molecule has 0 aliphatic heterocycles. The maximum atomic E-state index is 6.13. The second kappa shape index (κ2) is 6.98. The molecule has 0 aromatic heterocycles. The quantitative estimate of drug-likeness (QED) is 0.852. The molecule has 1 atom stereocenters. The average Bonchev–Trinajstić information content (AvgIpc) is 2.46. The largest absolute Gasteiger partial charge is 0.489 e. The van der Waals surface area contributed by atoms with Crippen molar-refractivity contribution < 1.29 is 4.74 Å². The van der Waals surface area contributed by atoms with E-state index in [0.717, 1.165) is 11.3 Å². The van der Waals surface area contributed by atoms with Gasteiger partial charge in [-0.3, -0.25) is 0 Å². The fraction of sp³-hybridized carbons (Fsp3) is 0.250. The second-order valence-electron chi connectivity index (χ2n) is 4.61. The number of ether oxygens (including phenoxy) is 1. The first-order valence-electron chi connectivity index (χ1n) is 6.44. The third kappa shape index (κ3) is 3.89. The molecule has 0 spiro atoms. The van der Waals surface area contributed by atoms with E-state index in [1.807, 2.05) is 37.4 Å². The smallest absolute Gasteiger partial charge is 0.120 e. The highest BCUT2D eigenvalue weighted by molar-refractivity contribution is 6.35. The third-order valence-corrected chi connectivity index (χ3v) is 3.79. The lowest BCUT2D eigenvalue weighted by Gasteiger charge is -2.13. The monoisotopic (exact) mass is 309 g/mol. The van der Waals surface area contributed by atoms with Crippen molar-refractivity contribution in [3.63, 3.8) is 0 Å². The van der Waals surface area contributed by atoms with Gasteiger partial charge in [0, 0.05) is 21.7 Å². The zero-order valence-electron chi connectivity index (χ0n) is 11.5. The molecule has 0 fully saturated rings. The van der Waals surface area contributed by atoms with Crippen LogP contribution < -0.4 is 10.1 Å². The van der Waals surface area contributed by atoms with Crippen LogP contribution in [0.25, 0.3) is 0 Å². The van der Waals surface area contributed by atoms with Crippen molar-refractivity contribution in [2.75, 3.05) is 7.05 Å². The van der Waals surface area contributed by atoms with Gasteiger partial charge in [-0.2, -0.15) is 0 Å². The van der Waals surface area contributed by atoms with E-state index in [0.29, 0.717) is 16.7 Å². The van der Waals surface area contributed by atoms with E-state index >= 15 is 0 Å². The van der Waals surface area contributed by atoms with Crippen molar-refractivity contribution in [3.05, 3.63) is 63.6 Å². The van der Waals surface area contributed by atoms with Gasteiger partial charge < -0.3 is 10.1 Å². The first-order chi connectivity index (χ1) is 9.60. The van der Waals surface area contributed by atoms with Crippen molar-refractivity contribution in [1.29, 1.82) is 0 Å². The summed E-state index contributed by atoms with van der Waals surface area (Å²) in [5, 5.41) is 4.46. The van der Waals surface area contributed by atoms with Crippen LogP contribution in [0, 0.1) is 0 Å². The highest BCUT2D eigenvalue weighted by atomic mass is 35.5.